The van der Waals surface area contributed by atoms with E-state index in [1.54, 1.807) is 25.3 Å². The Balaban J connectivity index is 2.04. The van der Waals surface area contributed by atoms with Crippen molar-refractivity contribution in [1.29, 1.82) is 0 Å². The summed E-state index contributed by atoms with van der Waals surface area (Å²) < 4.78 is 12.1. The number of aromatic nitrogens is 3. The van der Waals surface area contributed by atoms with Crippen molar-refractivity contribution >= 4 is 29.5 Å². The Morgan fingerprint density at radius 3 is 2.55 bits per heavy atom. The van der Waals surface area contributed by atoms with E-state index in [9.17, 15) is 9.59 Å². The van der Waals surface area contributed by atoms with Crippen molar-refractivity contribution in [3.05, 3.63) is 58.6 Å². The Bertz CT molecular complexity index is 1010. The van der Waals surface area contributed by atoms with Gasteiger partial charge in [0.2, 0.25) is 0 Å². The number of thioether (sulfide) groups is 1. The normalized spacial score (nSPS) is 10.8. The molecule has 0 saturated heterocycles. The highest BCUT2D eigenvalue weighted by molar-refractivity contribution is 7.98. The molecule has 0 radical (unpaired) electrons. The fraction of sp³-hybridized carbons (Fsp3) is 0.300. The Kier molecular flexibility index (Phi) is 6.38. The number of esters is 1. The second kappa shape index (κ2) is 8.95. The Morgan fingerprint density at radius 1 is 1.24 bits per heavy atom. The van der Waals surface area contributed by atoms with Crippen molar-refractivity contribution in [3.8, 4) is 0 Å². The van der Waals surface area contributed by atoms with Crippen LogP contribution in [0, 0.1) is 13.8 Å². The van der Waals surface area contributed by atoms with Crippen LogP contribution in [-0.4, -0.2) is 39.4 Å². The van der Waals surface area contributed by atoms with Gasteiger partial charge in [-0.25, -0.2) is 9.78 Å². The molecular weight excluding hydrogens is 392 g/mol. The highest BCUT2D eigenvalue weighted by Crippen LogP contribution is 2.27. The molecule has 0 aliphatic heterocycles. The second-order valence-corrected chi connectivity index (χ2v) is 7.01. The molecule has 0 saturated carbocycles. The van der Waals surface area contributed by atoms with Gasteiger partial charge in [-0.05, 0) is 32.6 Å². The van der Waals surface area contributed by atoms with Gasteiger partial charge in [0.25, 0.3) is 5.91 Å². The van der Waals surface area contributed by atoms with E-state index in [-0.39, 0.29) is 18.1 Å². The fourth-order valence-corrected chi connectivity index (χ4v) is 3.53. The van der Waals surface area contributed by atoms with Crippen molar-refractivity contribution in [2.75, 3.05) is 18.2 Å². The van der Waals surface area contributed by atoms with Crippen molar-refractivity contribution in [3.63, 3.8) is 0 Å². The van der Waals surface area contributed by atoms with Crippen LogP contribution in [0.5, 0.6) is 0 Å². The van der Waals surface area contributed by atoms with Crippen molar-refractivity contribution in [2.24, 2.45) is 0 Å². The van der Waals surface area contributed by atoms with Gasteiger partial charge in [0.1, 0.15) is 11.3 Å². The van der Waals surface area contributed by atoms with Crippen molar-refractivity contribution in [1.82, 2.24) is 14.7 Å². The standard InChI is InChI=1S/C20H22N4O4S/c1-5-27-19(26)16-17(21-18(25)15-12(2)23-28-13(15)3)22-20(29-4)24(16)11-14-9-7-6-8-10-14/h6-10H,5,11H2,1-4H3,(H,21,25). The third-order valence-electron chi connectivity index (χ3n) is 4.26. The quantitative estimate of drug-likeness (QED) is 0.465. The first-order valence-corrected chi connectivity index (χ1v) is 10.3. The second-order valence-electron chi connectivity index (χ2n) is 6.24. The average molecular weight is 414 g/mol. The van der Waals surface area contributed by atoms with Gasteiger partial charge in [0.05, 0.1) is 18.8 Å². The maximum atomic E-state index is 12.8. The first-order chi connectivity index (χ1) is 14.0. The first-order valence-electron chi connectivity index (χ1n) is 9.06. The zero-order valence-corrected chi connectivity index (χ0v) is 17.5. The third kappa shape index (κ3) is 4.34. The molecule has 3 rings (SSSR count). The van der Waals surface area contributed by atoms with Crippen molar-refractivity contribution < 1.29 is 18.8 Å². The number of rotatable bonds is 7. The number of hydrogen-bond acceptors (Lipinski definition) is 7. The van der Waals surface area contributed by atoms with E-state index in [1.165, 1.54) is 11.8 Å². The summed E-state index contributed by atoms with van der Waals surface area (Å²) in [4.78, 5) is 30.0. The van der Waals surface area contributed by atoms with Crippen LogP contribution >= 0.6 is 11.8 Å². The molecule has 2 heterocycles. The van der Waals surface area contributed by atoms with E-state index in [0.29, 0.717) is 28.7 Å². The van der Waals surface area contributed by atoms with Crippen LogP contribution in [0.3, 0.4) is 0 Å². The number of benzene rings is 1. The molecule has 2 aromatic heterocycles. The molecule has 3 aromatic rings. The van der Waals surface area contributed by atoms with Crippen LogP contribution in [0.2, 0.25) is 0 Å². The fourth-order valence-electron chi connectivity index (χ4n) is 2.97. The Labute approximate surface area is 172 Å². The summed E-state index contributed by atoms with van der Waals surface area (Å²) in [5.41, 5.74) is 1.98. The monoisotopic (exact) mass is 414 g/mol. The number of anilines is 1. The average Bonchev–Trinajstić information content (AvgIpc) is 3.21. The molecule has 9 heteroatoms. The van der Waals surface area contributed by atoms with E-state index in [2.05, 4.69) is 15.5 Å². The van der Waals surface area contributed by atoms with Crippen LogP contribution < -0.4 is 5.32 Å². The minimum absolute atomic E-state index is 0.147. The van der Waals surface area contributed by atoms with Crippen LogP contribution in [-0.2, 0) is 11.3 Å². The van der Waals surface area contributed by atoms with E-state index >= 15 is 0 Å². The molecule has 0 spiro atoms. The molecular formula is C20H22N4O4S. The highest BCUT2D eigenvalue weighted by Gasteiger charge is 2.27. The lowest BCUT2D eigenvalue weighted by atomic mass is 10.2. The molecule has 0 unspecified atom stereocenters. The predicted molar refractivity (Wildman–Crippen MR) is 109 cm³/mol. The Morgan fingerprint density at radius 2 is 1.97 bits per heavy atom. The maximum Gasteiger partial charge on any atom is 0.358 e. The number of amides is 1. The lowest BCUT2D eigenvalue weighted by Gasteiger charge is -2.11. The number of nitrogens with one attached hydrogen (secondary N) is 1. The van der Waals surface area contributed by atoms with Gasteiger partial charge >= 0.3 is 5.97 Å². The van der Waals surface area contributed by atoms with Gasteiger partial charge in [0.15, 0.2) is 16.7 Å². The summed E-state index contributed by atoms with van der Waals surface area (Å²) >= 11 is 1.38. The molecule has 0 fully saturated rings. The molecule has 1 aromatic carbocycles. The minimum atomic E-state index is -0.551. The topological polar surface area (TPSA) is 99.2 Å². The number of aryl methyl sites for hydroxylation is 2. The molecule has 0 bridgehead atoms. The number of carbonyl (C=O) groups excluding carboxylic acids is 2. The first kappa shape index (κ1) is 20.7. The molecule has 152 valence electrons. The smallest absolute Gasteiger partial charge is 0.358 e. The summed E-state index contributed by atoms with van der Waals surface area (Å²) in [5.74, 6) is -0.450. The molecule has 1 N–H and O–H groups in total. The van der Waals surface area contributed by atoms with Crippen LogP contribution in [0.4, 0.5) is 5.82 Å². The SMILES string of the molecule is CCOC(=O)c1c(NC(=O)c2c(C)noc2C)nc(SC)n1Cc1ccccc1. The number of ether oxygens (including phenoxy) is 1. The Hall–Kier alpha value is -3.07. The maximum absolute atomic E-state index is 12.8. The summed E-state index contributed by atoms with van der Waals surface area (Å²) in [5, 5.41) is 7.12. The predicted octanol–water partition coefficient (Wildman–Crippen LogP) is 3.69. The summed E-state index contributed by atoms with van der Waals surface area (Å²) in [6, 6.07) is 9.70. The van der Waals surface area contributed by atoms with Crippen LogP contribution in [0.15, 0.2) is 40.0 Å². The third-order valence-corrected chi connectivity index (χ3v) is 4.94. The zero-order chi connectivity index (χ0) is 21.0. The van der Waals surface area contributed by atoms with E-state index in [0.717, 1.165) is 5.56 Å². The van der Waals surface area contributed by atoms with E-state index in [1.807, 2.05) is 36.6 Å². The molecule has 0 aliphatic carbocycles. The lowest BCUT2D eigenvalue weighted by molar-refractivity contribution is 0.0514. The molecule has 1 amide bonds. The summed E-state index contributed by atoms with van der Waals surface area (Å²) in [6.07, 6.45) is 1.86. The molecule has 8 nitrogen and oxygen atoms in total. The van der Waals surface area contributed by atoms with E-state index < -0.39 is 11.9 Å². The zero-order valence-electron chi connectivity index (χ0n) is 16.7. The van der Waals surface area contributed by atoms with Gasteiger partial charge in [-0.3, -0.25) is 4.79 Å². The largest absolute Gasteiger partial charge is 0.461 e. The number of imidazole rings is 1. The number of carbonyl (C=O) groups is 2. The van der Waals surface area contributed by atoms with Gasteiger partial charge in [0, 0.05) is 0 Å². The van der Waals surface area contributed by atoms with Gasteiger partial charge in [-0.15, -0.1) is 0 Å². The number of hydrogen-bond donors (Lipinski definition) is 1. The molecule has 0 aliphatic rings. The number of nitrogens with zero attached hydrogens (tertiary/aromatic N) is 3. The van der Waals surface area contributed by atoms with Crippen LogP contribution in [0.1, 0.15) is 44.8 Å². The van der Waals surface area contributed by atoms with Gasteiger partial charge < -0.3 is 19.1 Å². The van der Waals surface area contributed by atoms with Crippen molar-refractivity contribution in [2.45, 2.75) is 32.5 Å². The van der Waals surface area contributed by atoms with E-state index in [4.69, 9.17) is 9.26 Å². The lowest BCUT2D eigenvalue weighted by Crippen LogP contribution is -2.19. The van der Waals surface area contributed by atoms with Crippen LogP contribution in [0.25, 0.3) is 0 Å². The molecule has 29 heavy (non-hydrogen) atoms. The van der Waals surface area contributed by atoms with Gasteiger partial charge in [-0.2, -0.15) is 0 Å². The summed E-state index contributed by atoms with van der Waals surface area (Å²) in [6.45, 7) is 5.69. The highest BCUT2D eigenvalue weighted by atomic mass is 32.2. The van der Waals surface area contributed by atoms with Gasteiger partial charge in [-0.1, -0.05) is 47.3 Å². The summed E-state index contributed by atoms with van der Waals surface area (Å²) in [7, 11) is 0. The minimum Gasteiger partial charge on any atom is -0.461 e. The molecule has 0 atom stereocenters.